The number of carbonyl (C=O) groups is 3. The molecule has 0 saturated carbocycles. The van der Waals surface area contributed by atoms with Crippen molar-refractivity contribution in [2.24, 2.45) is 0 Å². The summed E-state index contributed by atoms with van der Waals surface area (Å²) in [5.41, 5.74) is 1.82. The Balaban J connectivity index is 1.19. The van der Waals surface area contributed by atoms with E-state index in [1.165, 1.54) is 37.4 Å². The summed E-state index contributed by atoms with van der Waals surface area (Å²) in [5.74, 6) is -2.50. The predicted octanol–water partition coefficient (Wildman–Crippen LogP) is 2.71. The molecule has 0 bridgehead atoms. The minimum atomic E-state index is -4.86. The molecule has 2 unspecified atom stereocenters. The molecule has 0 aromatic heterocycles. The van der Waals surface area contributed by atoms with Crippen LogP contribution in [-0.4, -0.2) is 184 Å². The lowest BCUT2D eigenvalue weighted by atomic mass is 9.76. The van der Waals surface area contributed by atoms with Crippen molar-refractivity contribution in [1.82, 2.24) is 5.06 Å². The number of hydrogen-bond acceptors (Lipinski definition) is 21. The molecule has 3 aliphatic heterocycles. The van der Waals surface area contributed by atoms with Crippen LogP contribution in [0.2, 0.25) is 0 Å². The highest BCUT2D eigenvalue weighted by Gasteiger charge is 2.48. The zero-order valence-corrected chi connectivity index (χ0v) is 44.9. The van der Waals surface area contributed by atoms with Gasteiger partial charge >= 0.3 is 5.97 Å². The third kappa shape index (κ3) is 17.1. The molecule has 0 radical (unpaired) electrons. The Kier molecular flexibility index (Phi) is 22.8. The van der Waals surface area contributed by atoms with Gasteiger partial charge in [-0.2, -0.15) is 4.58 Å². The van der Waals surface area contributed by atoms with E-state index in [1.807, 2.05) is 22.5 Å². The Bertz CT molecular complexity index is 2780. The first kappa shape index (κ1) is 61.0. The van der Waals surface area contributed by atoms with Crippen LogP contribution in [0.4, 0.5) is 11.4 Å². The van der Waals surface area contributed by atoms with Gasteiger partial charge in [0.15, 0.2) is 12.3 Å². The topological polar surface area (TPSA) is 306 Å². The SMILES string of the molecule is COCC[N+]1=C(/C=C/C=C/C=C2/N(CCOCCOCCOCCOCCOCCC(=O)ON3C(=O)CCC3=O)c3ccc(S(=O)(=O)[O-])cc3C2(C)CCOC)C(C)(CCCS(=O)(=O)[O-])c2cc(S(=O)(=O)[O-])ccc21. The highest BCUT2D eigenvalue weighted by molar-refractivity contribution is 7.86. The van der Waals surface area contributed by atoms with Gasteiger partial charge in [-0.25, -0.2) is 30.0 Å². The van der Waals surface area contributed by atoms with Crippen LogP contribution in [-0.2, 0) is 93.6 Å². The molecule has 2 atom stereocenters. The van der Waals surface area contributed by atoms with E-state index in [9.17, 15) is 53.3 Å². The first-order chi connectivity index (χ1) is 35.5. The Morgan fingerprint density at radius 1 is 0.667 bits per heavy atom. The summed E-state index contributed by atoms with van der Waals surface area (Å²) in [6.07, 6.45) is 9.29. The summed E-state index contributed by atoms with van der Waals surface area (Å²) in [6, 6.07) is 8.29. The number of methoxy groups -OCH3 is 2. The number of rotatable bonds is 34. The number of fused-ring (bicyclic) bond motifs is 2. The molecule has 0 aliphatic carbocycles. The number of benzene rings is 2. The van der Waals surface area contributed by atoms with E-state index >= 15 is 0 Å². The number of carbonyl (C=O) groups excluding carboxylic acids is 3. The number of allylic oxidation sites excluding steroid dienone is 6. The zero-order valence-electron chi connectivity index (χ0n) is 42.4. The normalized spacial score (nSPS) is 19.7. The van der Waals surface area contributed by atoms with Crippen LogP contribution in [0.15, 0.2) is 82.3 Å². The summed E-state index contributed by atoms with van der Waals surface area (Å²) in [5, 5.41) is 0.489. The third-order valence-electron chi connectivity index (χ3n) is 12.7. The van der Waals surface area contributed by atoms with Crippen molar-refractivity contribution in [2.45, 2.75) is 73.0 Å². The van der Waals surface area contributed by atoms with E-state index in [1.54, 1.807) is 44.4 Å². The molecular formula is C49H65N3O20S3-2. The fourth-order valence-electron chi connectivity index (χ4n) is 8.93. The van der Waals surface area contributed by atoms with Crippen molar-refractivity contribution < 1.29 is 95.9 Å². The van der Waals surface area contributed by atoms with Crippen LogP contribution in [0.1, 0.15) is 63.5 Å². The van der Waals surface area contributed by atoms with E-state index in [4.69, 9.17) is 38.0 Å². The molecule has 0 spiro atoms. The molecule has 5 rings (SSSR count). The number of imide groups is 1. The Morgan fingerprint density at radius 3 is 1.77 bits per heavy atom. The van der Waals surface area contributed by atoms with Gasteiger partial charge in [0.2, 0.25) is 5.69 Å². The maximum atomic E-state index is 12.2. The quantitative estimate of drug-likeness (QED) is 0.0320. The second-order valence-electron chi connectivity index (χ2n) is 17.9. The van der Waals surface area contributed by atoms with Gasteiger partial charge in [-0.05, 0) is 75.1 Å². The molecule has 416 valence electrons. The molecule has 2 aromatic rings. The summed E-state index contributed by atoms with van der Waals surface area (Å²) in [7, 11) is -11.2. The number of hydroxylamine groups is 2. The average Bonchev–Trinajstić information content (AvgIpc) is 3.88. The maximum Gasteiger partial charge on any atom is 0.335 e. The van der Waals surface area contributed by atoms with E-state index in [0.29, 0.717) is 79.2 Å². The van der Waals surface area contributed by atoms with Gasteiger partial charge in [0.1, 0.15) is 26.8 Å². The molecule has 0 N–H and O–H groups in total. The minimum absolute atomic E-state index is 0.0155. The van der Waals surface area contributed by atoms with Gasteiger partial charge in [0.25, 0.3) is 11.8 Å². The standard InChI is InChI=1S/C49H67N3O20S3/c1-48(18-8-34-73(56,57)58)39-35-37(74(59,60)61)11-13-41(39)50(20-24-66-4)43(48)9-6-5-7-10-44-49(2,19-23-65-3)40-36-38(75(62,63)64)12-14-42(40)51(44)21-25-68-27-29-70-31-33-71-32-30-69-28-26-67-22-17-47(55)72-52-45(53)15-16-46(52)54/h5-7,9-14,35-36H,8,15-34H2,1-4H3,(H2-,56,57,58,59,60,61,62,63,64)/p-2. The summed E-state index contributed by atoms with van der Waals surface area (Å²) in [4.78, 5) is 40.8. The number of hydrogen-bond donors (Lipinski definition) is 0. The number of amides is 2. The Morgan fingerprint density at radius 2 is 1.21 bits per heavy atom. The van der Waals surface area contributed by atoms with Gasteiger partial charge in [-0.15, -0.1) is 5.06 Å². The van der Waals surface area contributed by atoms with Gasteiger partial charge in [-0.1, -0.05) is 18.2 Å². The monoisotopic (exact) mass is 1110 g/mol. The lowest BCUT2D eigenvalue weighted by Crippen LogP contribution is -2.32. The van der Waals surface area contributed by atoms with Gasteiger partial charge in [0.05, 0.1) is 97.8 Å². The second kappa shape index (κ2) is 28.0. The molecule has 3 heterocycles. The number of ether oxygens (including phenoxy) is 7. The molecule has 3 aliphatic rings. The number of anilines is 1. The van der Waals surface area contributed by atoms with Crippen LogP contribution in [0, 0.1) is 0 Å². The van der Waals surface area contributed by atoms with Crippen LogP contribution in [0.5, 0.6) is 0 Å². The van der Waals surface area contributed by atoms with Gasteiger partial charge < -0.3 is 56.6 Å². The predicted molar refractivity (Wildman–Crippen MR) is 265 cm³/mol. The number of nitrogens with zero attached hydrogens (tertiary/aromatic N) is 3. The van der Waals surface area contributed by atoms with Crippen LogP contribution >= 0.6 is 0 Å². The Hall–Kier alpha value is -4.81. The maximum absolute atomic E-state index is 12.2. The minimum Gasteiger partial charge on any atom is -0.748 e. The average molecular weight is 1110 g/mol. The first-order valence-electron chi connectivity index (χ1n) is 24.1. The zero-order chi connectivity index (χ0) is 54.9. The van der Waals surface area contributed by atoms with Crippen molar-refractivity contribution >= 4 is 65.2 Å². The van der Waals surface area contributed by atoms with Gasteiger partial charge in [-0.3, -0.25) is 9.59 Å². The molecule has 2 amide bonds. The van der Waals surface area contributed by atoms with E-state index in [-0.39, 0.29) is 89.9 Å². The molecule has 1 saturated heterocycles. The van der Waals surface area contributed by atoms with Crippen molar-refractivity contribution in [3.8, 4) is 0 Å². The summed E-state index contributed by atoms with van der Waals surface area (Å²) in [6.45, 7) is 7.32. The molecule has 2 aromatic carbocycles. The smallest absolute Gasteiger partial charge is 0.335 e. The van der Waals surface area contributed by atoms with Crippen LogP contribution in [0.3, 0.4) is 0 Å². The fraction of sp³-hybridized carbons (Fsp3) is 0.551. The molecular weight excluding hydrogens is 1050 g/mol. The van der Waals surface area contributed by atoms with E-state index in [0.717, 1.165) is 5.70 Å². The van der Waals surface area contributed by atoms with Crippen molar-refractivity contribution in [2.75, 3.05) is 117 Å². The van der Waals surface area contributed by atoms with Crippen molar-refractivity contribution in [3.05, 3.63) is 83.6 Å². The highest BCUT2D eigenvalue weighted by Crippen LogP contribution is 2.51. The highest BCUT2D eigenvalue weighted by atomic mass is 32.2. The van der Waals surface area contributed by atoms with Crippen LogP contribution in [0.25, 0.3) is 0 Å². The van der Waals surface area contributed by atoms with E-state index in [2.05, 4.69) is 0 Å². The fourth-order valence-corrected chi connectivity index (χ4v) is 10.4. The lowest BCUT2D eigenvalue weighted by Gasteiger charge is -2.30. The molecule has 75 heavy (non-hydrogen) atoms. The summed E-state index contributed by atoms with van der Waals surface area (Å²) >= 11 is 0. The summed E-state index contributed by atoms with van der Waals surface area (Å²) < 4.78 is 149. The van der Waals surface area contributed by atoms with Crippen molar-refractivity contribution in [3.63, 3.8) is 0 Å². The van der Waals surface area contributed by atoms with Gasteiger partial charge in [0, 0.05) is 80.5 Å². The third-order valence-corrected chi connectivity index (χ3v) is 15.2. The second-order valence-corrected chi connectivity index (χ2v) is 22.2. The largest absolute Gasteiger partial charge is 0.748 e. The molecule has 26 heteroatoms. The Labute approximate surface area is 438 Å². The van der Waals surface area contributed by atoms with E-state index < -0.39 is 69.6 Å². The molecule has 23 nitrogen and oxygen atoms in total. The van der Waals surface area contributed by atoms with Crippen LogP contribution < -0.4 is 4.90 Å². The van der Waals surface area contributed by atoms with Crippen molar-refractivity contribution in [1.29, 1.82) is 0 Å². The first-order valence-corrected chi connectivity index (χ1v) is 28.5. The molecule has 1 fully saturated rings. The lowest BCUT2D eigenvalue weighted by molar-refractivity contribution is -0.441.